The molecule has 0 amide bonds. The minimum atomic E-state index is -0.504. The average Bonchev–Trinajstić information content (AvgIpc) is 3.16. The van der Waals surface area contributed by atoms with Crippen molar-refractivity contribution < 1.29 is 14.6 Å². The van der Waals surface area contributed by atoms with Gasteiger partial charge in [-0.15, -0.1) is 6.58 Å². The van der Waals surface area contributed by atoms with E-state index in [1.54, 1.807) is 13.3 Å². The molecule has 3 aliphatic heterocycles. The summed E-state index contributed by atoms with van der Waals surface area (Å²) in [4.78, 5) is 6.86. The Bertz CT molecular complexity index is 2280. The lowest BCUT2D eigenvalue weighted by atomic mass is 9.73. The summed E-state index contributed by atoms with van der Waals surface area (Å²) < 4.78 is 11.5. The van der Waals surface area contributed by atoms with Gasteiger partial charge in [0.15, 0.2) is 0 Å². The Morgan fingerprint density at radius 3 is 2.24 bits per heavy atom. The summed E-state index contributed by atoms with van der Waals surface area (Å²) in [5.41, 5.74) is 1.85. The summed E-state index contributed by atoms with van der Waals surface area (Å²) >= 11 is 0. The molecule has 6 aromatic carbocycles. The Balaban J connectivity index is 0.000000142. The first-order valence-corrected chi connectivity index (χ1v) is 17.1. The minimum Gasteiger partial charge on any atom is -0.497 e. The fourth-order valence-electron chi connectivity index (χ4n) is 7.84. The Hall–Kier alpha value is -5.23. The molecule has 7 aromatic rings. The molecule has 49 heavy (non-hydrogen) atoms. The van der Waals surface area contributed by atoms with E-state index in [0.717, 1.165) is 58.6 Å². The van der Waals surface area contributed by atoms with E-state index in [2.05, 4.69) is 77.1 Å². The molecule has 3 fully saturated rings. The van der Waals surface area contributed by atoms with Gasteiger partial charge in [0.1, 0.15) is 17.2 Å². The molecule has 5 nitrogen and oxygen atoms in total. The van der Waals surface area contributed by atoms with Gasteiger partial charge in [-0.05, 0) is 130 Å². The van der Waals surface area contributed by atoms with E-state index in [9.17, 15) is 5.11 Å². The molecule has 1 unspecified atom stereocenters. The van der Waals surface area contributed by atoms with E-state index in [1.807, 2.05) is 66.7 Å². The second-order valence-electron chi connectivity index (χ2n) is 13.3. The number of piperidine rings is 3. The van der Waals surface area contributed by atoms with Gasteiger partial charge in [-0.25, -0.2) is 0 Å². The lowest BCUT2D eigenvalue weighted by molar-refractivity contribution is -0.0444. The lowest BCUT2D eigenvalue weighted by Gasteiger charge is -2.50. The van der Waals surface area contributed by atoms with Crippen LogP contribution in [0.5, 0.6) is 17.2 Å². The summed E-state index contributed by atoms with van der Waals surface area (Å²) in [6.45, 7) is 6.07. The van der Waals surface area contributed by atoms with Crippen LogP contribution in [0, 0.1) is 11.8 Å². The largest absolute Gasteiger partial charge is 0.497 e. The molecule has 5 heteroatoms. The summed E-state index contributed by atoms with van der Waals surface area (Å²) in [7, 11) is 1.66. The third kappa shape index (κ3) is 6.12. The number of methoxy groups -OCH3 is 1. The van der Waals surface area contributed by atoms with Crippen LogP contribution in [0.3, 0.4) is 0 Å². The number of ether oxygens (including phenoxy) is 2. The van der Waals surface area contributed by atoms with Crippen molar-refractivity contribution in [3.05, 3.63) is 146 Å². The van der Waals surface area contributed by atoms with Crippen molar-refractivity contribution in [2.45, 2.75) is 25.0 Å². The zero-order chi connectivity index (χ0) is 33.3. The number of hydrogen-bond acceptors (Lipinski definition) is 5. The topological polar surface area (TPSA) is 54.8 Å². The van der Waals surface area contributed by atoms with Gasteiger partial charge >= 0.3 is 0 Å². The molecule has 0 aliphatic carbocycles. The zero-order valence-electron chi connectivity index (χ0n) is 27.7. The van der Waals surface area contributed by atoms with E-state index in [4.69, 9.17) is 9.47 Å². The van der Waals surface area contributed by atoms with Crippen LogP contribution in [0.1, 0.15) is 24.5 Å². The Labute approximate surface area is 287 Å². The highest BCUT2D eigenvalue weighted by Gasteiger charge is 2.42. The second-order valence-corrected chi connectivity index (χ2v) is 13.3. The number of nitrogens with zero attached hydrogens (tertiary/aromatic N) is 2. The normalized spacial score (nSPS) is 20.5. The number of benzene rings is 6. The molecule has 3 aliphatic rings. The van der Waals surface area contributed by atoms with Gasteiger partial charge in [0.25, 0.3) is 0 Å². The van der Waals surface area contributed by atoms with Crippen molar-refractivity contribution in [3.63, 3.8) is 0 Å². The molecule has 1 aromatic heterocycles. The second kappa shape index (κ2) is 13.3. The van der Waals surface area contributed by atoms with Gasteiger partial charge in [-0.3, -0.25) is 9.88 Å². The molecule has 0 spiro atoms. The maximum Gasteiger partial charge on any atom is 0.135 e. The predicted octanol–water partition coefficient (Wildman–Crippen LogP) is 10.1. The molecule has 3 saturated heterocycles. The van der Waals surface area contributed by atoms with Gasteiger partial charge in [0.2, 0.25) is 0 Å². The summed E-state index contributed by atoms with van der Waals surface area (Å²) in [5.74, 6) is 3.75. The van der Waals surface area contributed by atoms with Crippen molar-refractivity contribution >= 4 is 43.2 Å². The molecule has 2 bridgehead atoms. The van der Waals surface area contributed by atoms with E-state index in [-0.39, 0.29) is 6.04 Å². The fraction of sp³-hybridized carbons (Fsp3) is 0.205. The molecular formula is C44H40N2O3. The molecule has 244 valence electrons. The Kier molecular flexibility index (Phi) is 8.46. The van der Waals surface area contributed by atoms with E-state index in [0.29, 0.717) is 11.8 Å². The average molecular weight is 645 g/mol. The maximum atomic E-state index is 11.2. The molecule has 4 heterocycles. The van der Waals surface area contributed by atoms with Crippen molar-refractivity contribution in [1.82, 2.24) is 9.88 Å². The van der Waals surface area contributed by atoms with Gasteiger partial charge in [0.05, 0.1) is 18.7 Å². The molecule has 0 radical (unpaired) electrons. The third-order valence-corrected chi connectivity index (χ3v) is 10.5. The summed E-state index contributed by atoms with van der Waals surface area (Å²) in [6.07, 6.45) is 5.62. The van der Waals surface area contributed by atoms with Crippen LogP contribution in [-0.4, -0.2) is 41.2 Å². The summed E-state index contributed by atoms with van der Waals surface area (Å²) in [6, 6.07) is 41.6. The number of aliphatic hydroxyl groups is 1. The molecular weight excluding hydrogens is 604 g/mol. The molecule has 0 saturated carbocycles. The van der Waals surface area contributed by atoms with E-state index < -0.39 is 6.10 Å². The van der Waals surface area contributed by atoms with E-state index >= 15 is 0 Å². The first-order chi connectivity index (χ1) is 24.1. The van der Waals surface area contributed by atoms with Crippen LogP contribution < -0.4 is 9.47 Å². The monoisotopic (exact) mass is 644 g/mol. The van der Waals surface area contributed by atoms with Crippen LogP contribution in [0.4, 0.5) is 0 Å². The number of aliphatic hydroxyl groups excluding tert-OH is 1. The maximum absolute atomic E-state index is 11.2. The van der Waals surface area contributed by atoms with Crippen LogP contribution in [0.2, 0.25) is 0 Å². The van der Waals surface area contributed by atoms with Gasteiger partial charge < -0.3 is 14.6 Å². The van der Waals surface area contributed by atoms with Crippen LogP contribution in [0.25, 0.3) is 43.2 Å². The minimum absolute atomic E-state index is 0.178. The predicted molar refractivity (Wildman–Crippen MR) is 201 cm³/mol. The number of pyridine rings is 1. The smallest absolute Gasteiger partial charge is 0.135 e. The van der Waals surface area contributed by atoms with E-state index in [1.165, 1.54) is 33.4 Å². The number of para-hydroxylation sites is 1. The molecule has 5 atom stereocenters. The van der Waals surface area contributed by atoms with Crippen LogP contribution in [0.15, 0.2) is 140 Å². The number of fused-ring (bicyclic) bond motifs is 7. The number of rotatable bonds is 6. The van der Waals surface area contributed by atoms with Gasteiger partial charge in [0, 0.05) is 29.6 Å². The highest BCUT2D eigenvalue weighted by atomic mass is 16.5. The van der Waals surface area contributed by atoms with Crippen LogP contribution >= 0.6 is 0 Å². The Morgan fingerprint density at radius 1 is 0.776 bits per heavy atom. The molecule has 1 N–H and O–H groups in total. The fourth-order valence-corrected chi connectivity index (χ4v) is 7.84. The zero-order valence-corrected chi connectivity index (χ0v) is 27.7. The first kappa shape index (κ1) is 31.1. The Morgan fingerprint density at radius 2 is 1.51 bits per heavy atom. The van der Waals surface area contributed by atoms with Gasteiger partial charge in [-0.2, -0.15) is 0 Å². The lowest BCUT2D eigenvalue weighted by Crippen LogP contribution is -2.54. The van der Waals surface area contributed by atoms with Crippen molar-refractivity contribution in [2.75, 3.05) is 20.2 Å². The summed E-state index contributed by atoms with van der Waals surface area (Å²) in [5, 5.41) is 19.5. The quantitative estimate of drug-likeness (QED) is 0.144. The van der Waals surface area contributed by atoms with Crippen molar-refractivity contribution in [3.8, 4) is 17.2 Å². The first-order valence-electron chi connectivity index (χ1n) is 17.1. The van der Waals surface area contributed by atoms with Crippen LogP contribution in [-0.2, 0) is 0 Å². The third-order valence-electron chi connectivity index (χ3n) is 10.5. The van der Waals surface area contributed by atoms with Crippen molar-refractivity contribution in [2.24, 2.45) is 11.8 Å². The SMILES string of the molecule is C=C[C@H]1CN2CC[C@H]1C[C@H]2[C@H](O)c1ccnc2ccc(OC)cc12.c1ccc(Oc2cccc3cc4cc5ccccc5cc4cc23)cc1. The number of hydrogen-bond donors (Lipinski definition) is 1. The number of aromatic nitrogens is 1. The highest BCUT2D eigenvalue weighted by molar-refractivity contribution is 6.06. The van der Waals surface area contributed by atoms with Crippen molar-refractivity contribution in [1.29, 1.82) is 0 Å². The highest BCUT2D eigenvalue weighted by Crippen LogP contribution is 2.42. The standard InChI is InChI=1S/C24H16O.C20H24N2O2/c1-2-10-22(11-3-1)25-24-12-6-9-19-15-20-13-17-7-4-5-8-18(17)14-21(20)16-23(19)24;1-3-13-12-22-9-7-14(13)10-19(22)20(23)16-6-8-21-18-5-4-15(24-2)11-17(16)18/h1-16H;3-6,8,11,13-14,19-20,23H,1,7,9-10,12H2,2H3/t;13-,14-,19-,20+/m.0/s1. The van der Waals surface area contributed by atoms with Gasteiger partial charge in [-0.1, -0.05) is 60.7 Å². The molecule has 10 rings (SSSR count).